The smallest absolute Gasteiger partial charge is 0.343 e. The first-order valence-corrected chi connectivity index (χ1v) is 11.0. The maximum atomic E-state index is 12.4. The Morgan fingerprint density at radius 1 is 1.00 bits per heavy atom. The van der Waals surface area contributed by atoms with Crippen molar-refractivity contribution in [1.82, 2.24) is 5.43 Å². The first kappa shape index (κ1) is 24.2. The molecule has 0 aliphatic rings. The Morgan fingerprint density at radius 2 is 1.70 bits per heavy atom. The van der Waals surface area contributed by atoms with Crippen LogP contribution in [-0.4, -0.2) is 24.0 Å². The monoisotopic (exact) mass is 527 g/mol. The molecule has 0 bridgehead atoms. The molecule has 9 heteroatoms. The van der Waals surface area contributed by atoms with Crippen molar-refractivity contribution in [2.24, 2.45) is 5.10 Å². The van der Waals surface area contributed by atoms with E-state index in [9.17, 15) is 14.4 Å². The summed E-state index contributed by atoms with van der Waals surface area (Å²) < 4.78 is 6.15. The van der Waals surface area contributed by atoms with Crippen LogP contribution in [0.3, 0.4) is 0 Å². The highest BCUT2D eigenvalue weighted by Crippen LogP contribution is 2.23. The minimum Gasteiger partial charge on any atom is -0.422 e. The van der Waals surface area contributed by atoms with Crippen molar-refractivity contribution in [3.8, 4) is 5.75 Å². The first-order chi connectivity index (χ1) is 15.9. The molecule has 0 unspecified atom stereocenters. The van der Waals surface area contributed by atoms with Crippen molar-refractivity contribution in [3.05, 3.63) is 92.9 Å². The van der Waals surface area contributed by atoms with E-state index < -0.39 is 17.8 Å². The fourth-order valence-electron chi connectivity index (χ4n) is 2.68. The summed E-state index contributed by atoms with van der Waals surface area (Å²) in [5.74, 6) is -2.17. The number of hydrazone groups is 1. The molecule has 3 aromatic carbocycles. The molecule has 168 valence electrons. The van der Waals surface area contributed by atoms with Crippen molar-refractivity contribution in [1.29, 1.82) is 0 Å². The lowest BCUT2D eigenvalue weighted by Gasteiger charge is -2.08. The molecule has 0 heterocycles. The fraction of sp³-hybridized carbons (Fsp3) is 0.0833. The van der Waals surface area contributed by atoms with E-state index in [1.54, 1.807) is 54.6 Å². The Morgan fingerprint density at radius 3 is 2.36 bits per heavy atom. The van der Waals surface area contributed by atoms with Crippen LogP contribution in [0.15, 0.2) is 76.3 Å². The molecule has 3 aromatic rings. The van der Waals surface area contributed by atoms with E-state index in [4.69, 9.17) is 16.3 Å². The van der Waals surface area contributed by atoms with Crippen molar-refractivity contribution in [3.63, 3.8) is 0 Å². The second-order valence-electron chi connectivity index (χ2n) is 6.78. The van der Waals surface area contributed by atoms with Gasteiger partial charge in [0.05, 0.1) is 11.8 Å². The topological polar surface area (TPSA) is 96.9 Å². The average Bonchev–Trinajstić information content (AvgIpc) is 2.81. The molecular formula is C24H19BrClN3O4. The fourth-order valence-corrected chi connectivity index (χ4v) is 3.19. The molecule has 3 rings (SSSR count). The summed E-state index contributed by atoms with van der Waals surface area (Å²) in [6.45, 7) is 2.02. The molecule has 2 amide bonds. The minimum atomic E-state index is -0.944. The lowest BCUT2D eigenvalue weighted by molar-refractivity contribution is -0.136. The van der Waals surface area contributed by atoms with E-state index in [-0.39, 0.29) is 5.75 Å². The number of anilines is 1. The summed E-state index contributed by atoms with van der Waals surface area (Å²) in [4.78, 5) is 36.5. The van der Waals surface area contributed by atoms with Crippen LogP contribution in [0, 0.1) is 0 Å². The van der Waals surface area contributed by atoms with Crippen molar-refractivity contribution < 1.29 is 19.1 Å². The number of hydrogen-bond donors (Lipinski definition) is 2. The van der Waals surface area contributed by atoms with Gasteiger partial charge in [-0.3, -0.25) is 9.59 Å². The highest BCUT2D eigenvalue weighted by Gasteiger charge is 2.14. The second kappa shape index (κ2) is 11.4. The zero-order chi connectivity index (χ0) is 23.8. The molecule has 0 saturated carbocycles. The molecule has 0 radical (unpaired) electrons. The van der Waals surface area contributed by atoms with Gasteiger partial charge in [0, 0.05) is 20.7 Å². The number of carbonyl (C=O) groups is 3. The van der Waals surface area contributed by atoms with Gasteiger partial charge in [0.2, 0.25) is 0 Å². The molecule has 0 atom stereocenters. The van der Waals surface area contributed by atoms with Crippen molar-refractivity contribution >= 4 is 57.2 Å². The number of rotatable bonds is 6. The molecule has 2 N–H and O–H groups in total. The van der Waals surface area contributed by atoms with E-state index in [0.717, 1.165) is 12.0 Å². The predicted molar refractivity (Wildman–Crippen MR) is 131 cm³/mol. The summed E-state index contributed by atoms with van der Waals surface area (Å²) in [5, 5.41) is 6.81. The maximum Gasteiger partial charge on any atom is 0.343 e. The van der Waals surface area contributed by atoms with Gasteiger partial charge < -0.3 is 10.1 Å². The van der Waals surface area contributed by atoms with Crippen LogP contribution in [-0.2, 0) is 16.0 Å². The molecule has 7 nitrogen and oxygen atoms in total. The number of amides is 2. The lowest BCUT2D eigenvalue weighted by atomic mass is 10.1. The van der Waals surface area contributed by atoms with Crippen LogP contribution >= 0.6 is 27.5 Å². The molecule has 0 saturated heterocycles. The largest absolute Gasteiger partial charge is 0.422 e. The van der Waals surface area contributed by atoms with Gasteiger partial charge in [0.1, 0.15) is 5.75 Å². The normalized spacial score (nSPS) is 10.6. The quantitative estimate of drug-likeness (QED) is 0.155. The maximum absolute atomic E-state index is 12.4. The standard InChI is InChI=1S/C24H19BrClN3O4/c1-2-15-3-10-20(11-4-15)28-22(30)23(31)29-27-14-17-13-18(25)7-12-21(17)33-24(32)16-5-8-19(26)9-6-16/h3-14H,2H2,1H3,(H,28,30)(H,29,31). The van der Waals surface area contributed by atoms with Gasteiger partial charge in [0.15, 0.2) is 0 Å². The zero-order valence-corrected chi connectivity index (χ0v) is 19.8. The number of carbonyl (C=O) groups excluding carboxylic acids is 3. The van der Waals surface area contributed by atoms with Gasteiger partial charge in [-0.2, -0.15) is 5.10 Å². The molecule has 0 aliphatic heterocycles. The number of nitrogens with one attached hydrogen (secondary N) is 2. The van der Waals surface area contributed by atoms with Crippen molar-refractivity contribution in [2.45, 2.75) is 13.3 Å². The second-order valence-corrected chi connectivity index (χ2v) is 8.13. The Balaban J connectivity index is 1.64. The van der Waals surface area contributed by atoms with E-state index >= 15 is 0 Å². The molecular weight excluding hydrogens is 510 g/mol. The van der Waals surface area contributed by atoms with E-state index in [2.05, 4.69) is 31.8 Å². The van der Waals surface area contributed by atoms with Gasteiger partial charge in [-0.15, -0.1) is 0 Å². The molecule has 0 fully saturated rings. The minimum absolute atomic E-state index is 0.219. The SMILES string of the molecule is CCc1ccc(NC(=O)C(=O)NN=Cc2cc(Br)ccc2OC(=O)c2ccc(Cl)cc2)cc1. The summed E-state index contributed by atoms with van der Waals surface area (Å²) in [6, 6.07) is 18.4. The molecule has 33 heavy (non-hydrogen) atoms. The van der Waals surface area contributed by atoms with Gasteiger partial charge in [-0.1, -0.05) is 46.6 Å². The van der Waals surface area contributed by atoms with Crippen LogP contribution in [0.4, 0.5) is 5.69 Å². The van der Waals surface area contributed by atoms with Gasteiger partial charge in [0.25, 0.3) is 0 Å². The number of benzene rings is 3. The number of ether oxygens (including phenoxy) is 1. The number of hydrogen-bond acceptors (Lipinski definition) is 5. The average molecular weight is 529 g/mol. The highest BCUT2D eigenvalue weighted by molar-refractivity contribution is 9.10. The van der Waals surface area contributed by atoms with E-state index in [0.29, 0.717) is 26.3 Å². The van der Waals surface area contributed by atoms with Crippen LogP contribution in [0.5, 0.6) is 5.75 Å². The summed E-state index contributed by atoms with van der Waals surface area (Å²) in [6.07, 6.45) is 2.15. The third-order valence-electron chi connectivity index (χ3n) is 4.45. The number of esters is 1. The molecule has 0 aliphatic carbocycles. The van der Waals surface area contributed by atoms with Crippen molar-refractivity contribution in [2.75, 3.05) is 5.32 Å². The van der Waals surface area contributed by atoms with Gasteiger partial charge >= 0.3 is 17.8 Å². The van der Waals surface area contributed by atoms with Crippen LogP contribution in [0.2, 0.25) is 5.02 Å². The number of halogens is 2. The van der Waals surface area contributed by atoms with E-state index in [1.165, 1.54) is 6.21 Å². The third kappa shape index (κ3) is 7.00. The number of aryl methyl sites for hydroxylation is 1. The molecule has 0 aromatic heterocycles. The Labute approximate surface area is 203 Å². The summed E-state index contributed by atoms with van der Waals surface area (Å²) >= 11 is 9.18. The summed E-state index contributed by atoms with van der Waals surface area (Å²) in [5.41, 5.74) is 4.50. The van der Waals surface area contributed by atoms with Crippen LogP contribution < -0.4 is 15.5 Å². The number of nitrogens with zero attached hydrogens (tertiary/aromatic N) is 1. The van der Waals surface area contributed by atoms with Gasteiger partial charge in [-0.05, 0) is 66.6 Å². The van der Waals surface area contributed by atoms with Crippen LogP contribution in [0.25, 0.3) is 0 Å². The molecule has 0 spiro atoms. The lowest BCUT2D eigenvalue weighted by Crippen LogP contribution is -2.32. The predicted octanol–water partition coefficient (Wildman–Crippen LogP) is 4.97. The Hall–Kier alpha value is -3.49. The first-order valence-electron chi connectivity index (χ1n) is 9.86. The van der Waals surface area contributed by atoms with Crippen LogP contribution in [0.1, 0.15) is 28.4 Å². The van der Waals surface area contributed by atoms with Gasteiger partial charge in [-0.25, -0.2) is 10.2 Å². The Bertz CT molecular complexity index is 1200. The highest BCUT2D eigenvalue weighted by atomic mass is 79.9. The Kier molecular flexibility index (Phi) is 8.34. The van der Waals surface area contributed by atoms with E-state index in [1.807, 2.05) is 19.1 Å². The third-order valence-corrected chi connectivity index (χ3v) is 5.20. The zero-order valence-electron chi connectivity index (χ0n) is 17.5. The summed E-state index contributed by atoms with van der Waals surface area (Å²) in [7, 11) is 0.